The molecule has 8 nitrogen and oxygen atoms in total. The largest absolute Gasteiger partial charge is 0.350 e. The third-order valence-corrected chi connectivity index (χ3v) is 4.94. The molecule has 0 aliphatic rings. The van der Waals surface area contributed by atoms with Crippen molar-refractivity contribution in [1.29, 1.82) is 0 Å². The van der Waals surface area contributed by atoms with Crippen molar-refractivity contribution in [2.24, 2.45) is 5.14 Å². The van der Waals surface area contributed by atoms with Gasteiger partial charge in [-0.25, -0.2) is 23.5 Å². The van der Waals surface area contributed by atoms with Gasteiger partial charge in [-0.3, -0.25) is 4.79 Å². The van der Waals surface area contributed by atoms with Crippen molar-refractivity contribution in [2.75, 3.05) is 25.0 Å². The van der Waals surface area contributed by atoms with Crippen LogP contribution in [0.1, 0.15) is 35.8 Å². The summed E-state index contributed by atoms with van der Waals surface area (Å²) < 4.78 is 22.5. The van der Waals surface area contributed by atoms with Crippen molar-refractivity contribution in [3.63, 3.8) is 0 Å². The first-order valence-corrected chi connectivity index (χ1v) is 10.3. The van der Waals surface area contributed by atoms with E-state index in [4.69, 9.17) is 5.14 Å². The lowest BCUT2D eigenvalue weighted by Gasteiger charge is -2.16. The molecule has 1 heterocycles. The highest BCUT2D eigenvalue weighted by atomic mass is 32.2. The van der Waals surface area contributed by atoms with Gasteiger partial charge in [-0.05, 0) is 36.6 Å². The molecule has 0 unspecified atom stereocenters. The first-order chi connectivity index (χ1) is 12.8. The third kappa shape index (κ3) is 6.30. The third-order valence-electron chi connectivity index (χ3n) is 4.02. The van der Waals surface area contributed by atoms with Crippen LogP contribution in [-0.2, 0) is 16.4 Å². The highest BCUT2D eigenvalue weighted by Crippen LogP contribution is 2.09. The highest BCUT2D eigenvalue weighted by molar-refractivity contribution is 7.89. The maximum atomic E-state index is 12.3. The van der Waals surface area contributed by atoms with Crippen LogP contribution in [0.2, 0.25) is 0 Å². The molecule has 3 N–H and O–H groups in total. The van der Waals surface area contributed by atoms with Crippen LogP contribution in [0.3, 0.4) is 0 Å². The van der Waals surface area contributed by atoms with E-state index in [-0.39, 0.29) is 10.8 Å². The van der Waals surface area contributed by atoms with Gasteiger partial charge < -0.3 is 10.2 Å². The fraction of sp³-hybridized carbons (Fsp3) is 0.389. The van der Waals surface area contributed by atoms with Crippen LogP contribution in [0.15, 0.2) is 41.4 Å². The number of primary sulfonamides is 1. The van der Waals surface area contributed by atoms with E-state index in [1.165, 1.54) is 12.1 Å². The lowest BCUT2D eigenvalue weighted by molar-refractivity contribution is 0.0949. The summed E-state index contributed by atoms with van der Waals surface area (Å²) in [7, 11) is -1.79. The fourth-order valence-corrected chi connectivity index (χ4v) is 2.93. The molecule has 146 valence electrons. The summed E-state index contributed by atoms with van der Waals surface area (Å²) in [5, 5.41) is 7.88. The minimum Gasteiger partial charge on any atom is -0.350 e. The molecule has 0 fully saturated rings. The Balaban J connectivity index is 1.90. The van der Waals surface area contributed by atoms with E-state index in [9.17, 15) is 13.2 Å². The van der Waals surface area contributed by atoms with Crippen molar-refractivity contribution in [1.82, 2.24) is 15.3 Å². The van der Waals surface area contributed by atoms with Gasteiger partial charge in [0.05, 0.1) is 4.90 Å². The van der Waals surface area contributed by atoms with Gasteiger partial charge in [-0.2, -0.15) is 0 Å². The summed E-state index contributed by atoms with van der Waals surface area (Å²) in [6.07, 6.45) is 4.24. The molecule has 0 bridgehead atoms. The number of rotatable bonds is 9. The van der Waals surface area contributed by atoms with E-state index < -0.39 is 10.0 Å². The van der Waals surface area contributed by atoms with Gasteiger partial charge in [0.1, 0.15) is 5.69 Å². The molecule has 0 atom stereocenters. The molecule has 1 aromatic heterocycles. The Hall–Kier alpha value is -2.52. The lowest BCUT2D eigenvalue weighted by Crippen LogP contribution is -2.28. The molecule has 0 spiro atoms. The average Bonchev–Trinajstić information content (AvgIpc) is 2.65. The summed E-state index contributed by atoms with van der Waals surface area (Å²) in [4.78, 5) is 22.8. The molecule has 0 saturated heterocycles. The van der Waals surface area contributed by atoms with Gasteiger partial charge in [-0.1, -0.05) is 25.5 Å². The number of benzene rings is 1. The second kappa shape index (κ2) is 9.43. The molecule has 2 aromatic rings. The number of sulfonamides is 1. The molecule has 0 aliphatic heterocycles. The maximum Gasteiger partial charge on any atom is 0.270 e. The number of carbonyl (C=O) groups excluding carboxylic acids is 1. The van der Waals surface area contributed by atoms with E-state index in [1.54, 1.807) is 24.4 Å². The van der Waals surface area contributed by atoms with E-state index in [0.717, 1.165) is 24.9 Å². The fourth-order valence-electron chi connectivity index (χ4n) is 2.41. The summed E-state index contributed by atoms with van der Waals surface area (Å²) in [6.45, 7) is 3.34. The smallest absolute Gasteiger partial charge is 0.270 e. The zero-order valence-electron chi connectivity index (χ0n) is 15.6. The van der Waals surface area contributed by atoms with Gasteiger partial charge in [0.2, 0.25) is 16.0 Å². The second-order valence-corrected chi connectivity index (χ2v) is 7.77. The number of nitrogens with zero attached hydrogens (tertiary/aromatic N) is 3. The summed E-state index contributed by atoms with van der Waals surface area (Å²) in [6, 6.07) is 7.84. The second-order valence-electron chi connectivity index (χ2n) is 6.21. The Morgan fingerprint density at radius 2 is 1.93 bits per heavy atom. The Morgan fingerprint density at radius 3 is 2.56 bits per heavy atom. The molecule has 2 rings (SSSR count). The summed E-state index contributed by atoms with van der Waals surface area (Å²) in [5.41, 5.74) is 1.21. The number of aromatic nitrogens is 2. The van der Waals surface area contributed by atoms with Crippen molar-refractivity contribution in [3.05, 3.63) is 47.8 Å². The predicted molar refractivity (Wildman–Crippen MR) is 104 cm³/mol. The van der Waals surface area contributed by atoms with E-state index in [0.29, 0.717) is 24.6 Å². The summed E-state index contributed by atoms with van der Waals surface area (Å²) in [5.74, 6) is 0.249. The van der Waals surface area contributed by atoms with Gasteiger partial charge in [0, 0.05) is 26.3 Å². The van der Waals surface area contributed by atoms with Crippen LogP contribution < -0.4 is 15.4 Å². The number of hydrogen-bond acceptors (Lipinski definition) is 6. The van der Waals surface area contributed by atoms with Crippen LogP contribution in [0.4, 0.5) is 5.95 Å². The maximum absolute atomic E-state index is 12.3. The van der Waals surface area contributed by atoms with Crippen LogP contribution in [0, 0.1) is 0 Å². The first kappa shape index (κ1) is 20.8. The minimum absolute atomic E-state index is 0.0657. The number of nitrogens with one attached hydrogen (secondary N) is 1. The zero-order chi connectivity index (χ0) is 19.9. The molecule has 27 heavy (non-hydrogen) atoms. The van der Waals surface area contributed by atoms with Crippen LogP contribution in [0.5, 0.6) is 0 Å². The Labute approximate surface area is 159 Å². The topological polar surface area (TPSA) is 118 Å². The highest BCUT2D eigenvalue weighted by Gasteiger charge is 2.11. The van der Waals surface area contributed by atoms with Gasteiger partial charge >= 0.3 is 0 Å². The van der Waals surface area contributed by atoms with Crippen molar-refractivity contribution in [2.45, 2.75) is 31.1 Å². The monoisotopic (exact) mass is 391 g/mol. The van der Waals surface area contributed by atoms with Gasteiger partial charge in [0.15, 0.2) is 0 Å². The quantitative estimate of drug-likeness (QED) is 0.666. The molecular formula is C18H25N5O3S. The SMILES string of the molecule is CCCCN(C)c1nccc(C(=O)NCCc2ccc(S(N)(=O)=O)cc2)n1. The number of hydrogen-bond donors (Lipinski definition) is 2. The van der Waals surface area contributed by atoms with Crippen molar-refractivity contribution < 1.29 is 13.2 Å². The molecule has 9 heteroatoms. The van der Waals surface area contributed by atoms with E-state index >= 15 is 0 Å². The van der Waals surface area contributed by atoms with E-state index in [2.05, 4.69) is 22.2 Å². The van der Waals surface area contributed by atoms with Crippen LogP contribution in [-0.4, -0.2) is 44.4 Å². The molecule has 1 amide bonds. The minimum atomic E-state index is -3.69. The molecular weight excluding hydrogens is 366 g/mol. The number of nitrogens with two attached hydrogens (primary N) is 1. The number of carbonyl (C=O) groups is 1. The van der Waals surface area contributed by atoms with Gasteiger partial charge in [0.25, 0.3) is 5.91 Å². The molecule has 0 aliphatic carbocycles. The zero-order valence-corrected chi connectivity index (χ0v) is 16.4. The van der Waals surface area contributed by atoms with E-state index in [1.807, 2.05) is 11.9 Å². The average molecular weight is 391 g/mol. The number of anilines is 1. The Morgan fingerprint density at radius 1 is 1.22 bits per heavy atom. The lowest BCUT2D eigenvalue weighted by atomic mass is 10.1. The first-order valence-electron chi connectivity index (χ1n) is 8.75. The number of amides is 1. The predicted octanol–water partition coefficient (Wildman–Crippen LogP) is 1.33. The molecule has 0 saturated carbocycles. The Kier molecular flexibility index (Phi) is 7.26. The number of unbranched alkanes of at least 4 members (excludes halogenated alkanes) is 1. The molecule has 0 radical (unpaired) electrons. The van der Waals surface area contributed by atoms with Crippen LogP contribution in [0.25, 0.3) is 0 Å². The normalized spacial score (nSPS) is 11.2. The van der Waals surface area contributed by atoms with Crippen molar-refractivity contribution in [3.8, 4) is 0 Å². The van der Waals surface area contributed by atoms with Crippen LogP contribution >= 0.6 is 0 Å². The Bertz CT molecular complexity index is 869. The van der Waals surface area contributed by atoms with Gasteiger partial charge in [-0.15, -0.1) is 0 Å². The van der Waals surface area contributed by atoms with Crippen molar-refractivity contribution >= 4 is 21.9 Å². The summed E-state index contributed by atoms with van der Waals surface area (Å²) >= 11 is 0. The standard InChI is InChI=1S/C18H25N5O3S/c1-3-4-13-23(2)18-21-12-10-16(22-18)17(24)20-11-9-14-5-7-15(8-6-14)27(19,25)26/h5-8,10,12H,3-4,9,11,13H2,1-2H3,(H,20,24)(H2,19,25,26). The molecule has 1 aromatic carbocycles.